The minimum absolute atomic E-state index is 0.0641. The average Bonchev–Trinajstić information content (AvgIpc) is 3.58. The molecule has 8 nitrogen and oxygen atoms in total. The molecule has 0 aromatic heterocycles. The number of carbonyl (C=O) groups excluding carboxylic acids is 1. The van der Waals surface area contributed by atoms with Crippen LogP contribution in [0.3, 0.4) is 0 Å². The molecule has 5 fully saturated rings. The number of nitrogens with one attached hydrogen (secondary N) is 1. The normalized spacial score (nSPS) is 49.8. The largest absolute Gasteiger partial charge is 0.488 e. The van der Waals surface area contributed by atoms with Crippen LogP contribution < -0.4 is 5.32 Å². The first-order valence-electron chi connectivity index (χ1n) is 17.5. The lowest BCUT2D eigenvalue weighted by Gasteiger charge is -2.63. The van der Waals surface area contributed by atoms with Crippen molar-refractivity contribution in [2.24, 2.45) is 44.8 Å². The minimum atomic E-state index is -1.27. The van der Waals surface area contributed by atoms with Gasteiger partial charge < -0.3 is 34.5 Å². The van der Waals surface area contributed by atoms with E-state index < -0.39 is 29.9 Å². The van der Waals surface area contributed by atoms with Crippen LogP contribution in [0.15, 0.2) is 11.3 Å². The van der Waals surface area contributed by atoms with E-state index >= 15 is 0 Å². The third-order valence-corrected chi connectivity index (χ3v) is 14.7. The number of esters is 1. The molecule has 4 saturated carbocycles. The van der Waals surface area contributed by atoms with Gasteiger partial charge in [0, 0.05) is 30.8 Å². The van der Waals surface area contributed by atoms with Gasteiger partial charge in [0.15, 0.2) is 12.4 Å². The maximum absolute atomic E-state index is 12.4. The van der Waals surface area contributed by atoms with Gasteiger partial charge in [0.05, 0.1) is 18.3 Å². The Labute approximate surface area is 264 Å². The minimum Gasteiger partial charge on any atom is -0.488 e. The van der Waals surface area contributed by atoms with Crippen LogP contribution in [0.4, 0.5) is 0 Å². The van der Waals surface area contributed by atoms with Crippen molar-refractivity contribution in [3.05, 3.63) is 11.3 Å². The molecule has 0 unspecified atom stereocenters. The van der Waals surface area contributed by atoms with Gasteiger partial charge in [0.25, 0.3) is 0 Å². The Morgan fingerprint density at radius 2 is 1.77 bits per heavy atom. The molecule has 7 rings (SSSR count). The van der Waals surface area contributed by atoms with Crippen LogP contribution in [0.1, 0.15) is 107 Å². The molecule has 44 heavy (non-hydrogen) atoms. The van der Waals surface area contributed by atoms with Gasteiger partial charge in [-0.1, -0.05) is 34.6 Å². The van der Waals surface area contributed by atoms with Gasteiger partial charge in [-0.2, -0.15) is 0 Å². The first-order chi connectivity index (χ1) is 20.5. The molecule has 248 valence electrons. The van der Waals surface area contributed by atoms with Gasteiger partial charge in [0.1, 0.15) is 18.0 Å². The fraction of sp³-hybridized carbons (Fsp3) is 0.917. The average molecular weight is 616 g/mol. The van der Waals surface area contributed by atoms with Crippen LogP contribution in [0.5, 0.6) is 0 Å². The van der Waals surface area contributed by atoms with Crippen molar-refractivity contribution in [2.75, 3.05) is 19.7 Å². The third-order valence-electron chi connectivity index (χ3n) is 14.7. The smallest absolute Gasteiger partial charge is 0.303 e. The second kappa shape index (κ2) is 9.91. The molecule has 7 aliphatic rings. The Hall–Kier alpha value is -1.19. The summed E-state index contributed by atoms with van der Waals surface area (Å²) in [5.41, 5.74) is 0.135. The molecule has 0 bridgehead atoms. The summed E-state index contributed by atoms with van der Waals surface area (Å²) in [6, 6.07) is 0. The summed E-state index contributed by atoms with van der Waals surface area (Å²) in [5.74, 6) is 1.44. The number of aliphatic hydroxyl groups excluding tert-OH is 1. The number of hydrogen-bond acceptors (Lipinski definition) is 8. The second-order valence-electron chi connectivity index (χ2n) is 17.4. The first-order valence-corrected chi connectivity index (χ1v) is 17.5. The maximum atomic E-state index is 12.4. The Kier molecular flexibility index (Phi) is 7.08. The van der Waals surface area contributed by atoms with Crippen LogP contribution in [-0.2, 0) is 23.7 Å². The summed E-state index contributed by atoms with van der Waals surface area (Å²) in [5, 5.41) is 26.8. The van der Waals surface area contributed by atoms with Crippen LogP contribution in [0.2, 0.25) is 0 Å². The van der Waals surface area contributed by atoms with E-state index in [1.165, 1.54) is 38.2 Å². The Balaban J connectivity index is 1.17. The van der Waals surface area contributed by atoms with Crippen LogP contribution in [0, 0.1) is 44.8 Å². The lowest BCUT2D eigenvalue weighted by Crippen LogP contribution is -2.60. The zero-order valence-electron chi connectivity index (χ0n) is 28.3. The number of allylic oxidation sites excluding steroid dienone is 1. The number of hydrogen-bond donors (Lipinski definition) is 3. The van der Waals surface area contributed by atoms with E-state index in [4.69, 9.17) is 18.9 Å². The van der Waals surface area contributed by atoms with Gasteiger partial charge in [0.2, 0.25) is 0 Å². The van der Waals surface area contributed by atoms with Crippen molar-refractivity contribution in [3.8, 4) is 0 Å². The van der Waals surface area contributed by atoms with Gasteiger partial charge in [-0.3, -0.25) is 4.79 Å². The second-order valence-corrected chi connectivity index (χ2v) is 17.4. The Morgan fingerprint density at radius 3 is 2.43 bits per heavy atom. The maximum Gasteiger partial charge on any atom is 0.303 e. The highest BCUT2D eigenvalue weighted by Gasteiger charge is 2.83. The fourth-order valence-corrected chi connectivity index (χ4v) is 12.7. The monoisotopic (exact) mass is 615 g/mol. The highest BCUT2D eigenvalue weighted by atomic mass is 16.7. The summed E-state index contributed by atoms with van der Waals surface area (Å²) in [4.78, 5) is 12.0. The van der Waals surface area contributed by atoms with Crippen molar-refractivity contribution < 1.29 is 34.0 Å². The van der Waals surface area contributed by atoms with E-state index in [1.54, 1.807) is 13.8 Å². The van der Waals surface area contributed by atoms with Crippen LogP contribution in [0.25, 0.3) is 0 Å². The predicted molar refractivity (Wildman–Crippen MR) is 165 cm³/mol. The van der Waals surface area contributed by atoms with Crippen LogP contribution in [-0.4, -0.2) is 72.2 Å². The topological polar surface area (TPSA) is 106 Å². The number of aliphatic hydroxyl groups is 2. The molecular formula is C36H57NO7. The summed E-state index contributed by atoms with van der Waals surface area (Å²) in [7, 11) is 0. The lowest BCUT2D eigenvalue weighted by molar-refractivity contribution is -0.236. The van der Waals surface area contributed by atoms with E-state index in [0.29, 0.717) is 36.0 Å². The zero-order chi connectivity index (χ0) is 31.7. The molecule has 5 aliphatic carbocycles. The fourth-order valence-electron chi connectivity index (χ4n) is 12.7. The van der Waals surface area contributed by atoms with Gasteiger partial charge in [-0.05, 0) is 105 Å². The Morgan fingerprint density at radius 1 is 1.07 bits per heavy atom. The molecule has 2 aliphatic heterocycles. The van der Waals surface area contributed by atoms with E-state index in [-0.39, 0.29) is 40.0 Å². The quantitative estimate of drug-likeness (QED) is 0.367. The highest BCUT2D eigenvalue weighted by molar-refractivity contribution is 5.66. The SMILES string of the molecule is CC(=O)O[C@@H]([C@H]1C[C@@H](C)C2=C(O1)[C@H](O)[C@@]1(C)[C@@H]3CC[C@H]4C(C)(C)[C@@H](O[C@H]5CNCCO5)CC[C@@]45C[C@@]35CC[C@]21C)C(C)(C)O. The summed E-state index contributed by atoms with van der Waals surface area (Å²) in [6.45, 7) is 19.0. The molecule has 8 heteroatoms. The van der Waals surface area contributed by atoms with Gasteiger partial charge in [-0.25, -0.2) is 0 Å². The number of carbonyl (C=O) groups is 1. The molecule has 2 heterocycles. The number of morpholine rings is 1. The van der Waals surface area contributed by atoms with Crippen molar-refractivity contribution in [1.29, 1.82) is 0 Å². The van der Waals surface area contributed by atoms with Crippen LogP contribution >= 0.6 is 0 Å². The molecule has 1 saturated heterocycles. The van der Waals surface area contributed by atoms with Crippen molar-refractivity contribution in [2.45, 2.75) is 143 Å². The molecule has 0 aromatic rings. The molecule has 3 N–H and O–H groups in total. The first kappa shape index (κ1) is 31.4. The number of ether oxygens (including phenoxy) is 4. The number of rotatable bonds is 5. The summed E-state index contributed by atoms with van der Waals surface area (Å²) in [6.07, 6.45) is 6.73. The van der Waals surface area contributed by atoms with E-state index in [2.05, 4.69) is 39.9 Å². The number of fused-ring (bicyclic) bond motifs is 3. The summed E-state index contributed by atoms with van der Waals surface area (Å²) >= 11 is 0. The van der Waals surface area contributed by atoms with E-state index in [1.807, 2.05) is 0 Å². The molecular weight excluding hydrogens is 558 g/mol. The standard InChI is InChI=1S/C36H57NO7/c1-20-17-22(30(32(5,6)40)42-21(2)38)43-28-27(20)33(7)13-14-36-19-35(36)12-11-25(44-26-18-37-15-16-41-26)31(3,4)23(35)9-10-24(36)34(33,8)29(28)39/h20,22-26,29-30,37,39-40H,9-19H2,1-8H3/t20-,22-,23+,24+,25+,26+,29+,30+,33-,34-,35-,36+/m1/s1. The van der Waals surface area contributed by atoms with E-state index in [9.17, 15) is 15.0 Å². The zero-order valence-corrected chi connectivity index (χ0v) is 28.3. The van der Waals surface area contributed by atoms with E-state index in [0.717, 1.165) is 32.4 Å². The van der Waals surface area contributed by atoms with Gasteiger partial charge >= 0.3 is 5.97 Å². The van der Waals surface area contributed by atoms with Crippen molar-refractivity contribution in [1.82, 2.24) is 5.32 Å². The molecule has 0 aromatic carbocycles. The molecule has 2 spiro atoms. The predicted octanol–water partition coefficient (Wildman–Crippen LogP) is 5.10. The van der Waals surface area contributed by atoms with Crippen molar-refractivity contribution >= 4 is 5.97 Å². The third kappa shape index (κ3) is 4.02. The lowest BCUT2D eigenvalue weighted by atomic mass is 9.41. The highest BCUT2D eigenvalue weighted by Crippen LogP contribution is 2.89. The molecule has 12 atom stereocenters. The molecule has 0 radical (unpaired) electrons. The Bertz CT molecular complexity index is 1220. The molecule has 0 amide bonds. The van der Waals surface area contributed by atoms with Gasteiger partial charge in [-0.15, -0.1) is 0 Å². The summed E-state index contributed by atoms with van der Waals surface area (Å²) < 4.78 is 25.0. The van der Waals surface area contributed by atoms with Crippen molar-refractivity contribution in [3.63, 3.8) is 0 Å².